The van der Waals surface area contributed by atoms with Crippen LogP contribution in [0.1, 0.15) is 26.3 Å². The Bertz CT molecular complexity index is 763. The summed E-state index contributed by atoms with van der Waals surface area (Å²) < 4.78 is 4.62. The number of esters is 1. The van der Waals surface area contributed by atoms with Gasteiger partial charge in [0.1, 0.15) is 6.07 Å². The van der Waals surface area contributed by atoms with Gasteiger partial charge < -0.3 is 9.84 Å². The van der Waals surface area contributed by atoms with Crippen LogP contribution in [0.4, 0.5) is 0 Å². The van der Waals surface area contributed by atoms with Crippen LogP contribution in [-0.2, 0) is 4.74 Å². The zero-order valence-electron chi connectivity index (χ0n) is 11.6. The number of methoxy groups -OCH3 is 1. The maximum absolute atomic E-state index is 11.5. The summed E-state index contributed by atoms with van der Waals surface area (Å²) in [6.07, 6.45) is 0. The van der Waals surface area contributed by atoms with Gasteiger partial charge in [0.25, 0.3) is 0 Å². The third-order valence-electron chi connectivity index (χ3n) is 2.85. The molecule has 0 amide bonds. The van der Waals surface area contributed by atoms with Crippen molar-refractivity contribution in [1.29, 1.82) is 5.26 Å². The summed E-state index contributed by atoms with van der Waals surface area (Å²) in [6.45, 7) is 0. The molecule has 0 aliphatic carbocycles. The van der Waals surface area contributed by atoms with E-state index in [1.54, 1.807) is 30.3 Å². The second-order valence-electron chi connectivity index (χ2n) is 4.24. The summed E-state index contributed by atoms with van der Waals surface area (Å²) in [5.41, 5.74) is 0.665. The minimum Gasteiger partial charge on any atom is -0.478 e. The molecule has 1 N–H and O–H groups in total. The van der Waals surface area contributed by atoms with E-state index in [1.165, 1.54) is 31.0 Å². The number of carboxylic acid groups (broad SMARTS) is 1. The normalized spacial score (nSPS) is 9.82. The fourth-order valence-electron chi connectivity index (χ4n) is 1.77. The van der Waals surface area contributed by atoms with Crippen LogP contribution in [0, 0.1) is 11.3 Å². The van der Waals surface area contributed by atoms with Crippen LogP contribution in [0.2, 0.25) is 0 Å². The van der Waals surface area contributed by atoms with Gasteiger partial charge in [0.15, 0.2) is 0 Å². The molecule has 2 aromatic carbocycles. The SMILES string of the molecule is COC(=O)c1ccc(Sc2ccc(C(=O)O)cc2)cc1C#N. The van der Waals surface area contributed by atoms with E-state index < -0.39 is 11.9 Å². The maximum Gasteiger partial charge on any atom is 0.339 e. The molecule has 0 spiro atoms. The molecule has 2 aromatic rings. The first kappa shape index (κ1) is 15.6. The van der Waals surface area contributed by atoms with E-state index in [4.69, 9.17) is 10.4 Å². The summed E-state index contributed by atoms with van der Waals surface area (Å²) in [5, 5.41) is 18.0. The van der Waals surface area contributed by atoms with Crippen LogP contribution in [0.5, 0.6) is 0 Å². The van der Waals surface area contributed by atoms with Gasteiger partial charge in [0, 0.05) is 9.79 Å². The Morgan fingerprint density at radius 3 is 2.32 bits per heavy atom. The van der Waals surface area contributed by atoms with E-state index >= 15 is 0 Å². The van der Waals surface area contributed by atoms with Crippen molar-refractivity contribution in [2.24, 2.45) is 0 Å². The molecule has 0 aliphatic rings. The second-order valence-corrected chi connectivity index (χ2v) is 5.39. The molecule has 0 unspecified atom stereocenters. The Labute approximate surface area is 131 Å². The highest BCUT2D eigenvalue weighted by atomic mass is 32.2. The van der Waals surface area contributed by atoms with Gasteiger partial charge in [-0.05, 0) is 42.5 Å². The van der Waals surface area contributed by atoms with Crippen molar-refractivity contribution in [3.05, 3.63) is 59.2 Å². The highest BCUT2D eigenvalue weighted by Gasteiger charge is 2.12. The van der Waals surface area contributed by atoms with E-state index in [9.17, 15) is 9.59 Å². The second kappa shape index (κ2) is 6.78. The topological polar surface area (TPSA) is 87.4 Å². The molecule has 22 heavy (non-hydrogen) atoms. The Morgan fingerprint density at radius 2 is 1.77 bits per heavy atom. The molecule has 0 radical (unpaired) electrons. The Hall–Kier alpha value is -2.78. The number of nitriles is 1. The number of nitrogens with zero attached hydrogens (tertiary/aromatic N) is 1. The largest absolute Gasteiger partial charge is 0.478 e. The first-order valence-electron chi connectivity index (χ1n) is 6.19. The molecule has 110 valence electrons. The minimum absolute atomic E-state index is 0.211. The quantitative estimate of drug-likeness (QED) is 0.872. The Morgan fingerprint density at radius 1 is 1.14 bits per heavy atom. The van der Waals surface area contributed by atoms with Gasteiger partial charge in [0.05, 0.1) is 23.8 Å². The molecule has 0 aromatic heterocycles. The van der Waals surface area contributed by atoms with Crippen molar-refractivity contribution in [2.45, 2.75) is 9.79 Å². The fourth-order valence-corrected chi connectivity index (χ4v) is 2.63. The van der Waals surface area contributed by atoms with Gasteiger partial charge in [-0.1, -0.05) is 11.8 Å². The van der Waals surface area contributed by atoms with E-state index in [1.807, 2.05) is 6.07 Å². The van der Waals surface area contributed by atoms with Crippen LogP contribution in [0.25, 0.3) is 0 Å². The standard InChI is InChI=1S/C16H11NO4S/c1-21-16(20)14-7-6-13(8-11(14)9-17)22-12-4-2-10(3-5-12)15(18)19/h2-8H,1H3,(H,18,19). The molecule has 5 nitrogen and oxygen atoms in total. The molecule has 2 rings (SSSR count). The molecule has 0 saturated carbocycles. The number of carbonyl (C=O) groups excluding carboxylic acids is 1. The van der Waals surface area contributed by atoms with Gasteiger partial charge in [-0.25, -0.2) is 9.59 Å². The molecule has 0 saturated heterocycles. The fraction of sp³-hybridized carbons (Fsp3) is 0.0625. The molecule has 6 heteroatoms. The molecule has 0 heterocycles. The van der Waals surface area contributed by atoms with Crippen molar-refractivity contribution in [1.82, 2.24) is 0 Å². The number of carbonyl (C=O) groups is 2. The summed E-state index contributed by atoms with van der Waals surface area (Å²) in [6, 6.07) is 13.2. The van der Waals surface area contributed by atoms with E-state index in [2.05, 4.69) is 4.74 Å². The predicted molar refractivity (Wildman–Crippen MR) is 80.0 cm³/mol. The van der Waals surface area contributed by atoms with E-state index in [0.717, 1.165) is 9.79 Å². The molecular formula is C16H11NO4S. The van der Waals surface area contributed by atoms with Crippen molar-refractivity contribution < 1.29 is 19.4 Å². The molecule has 0 aliphatic heterocycles. The zero-order valence-corrected chi connectivity index (χ0v) is 12.4. The smallest absolute Gasteiger partial charge is 0.339 e. The van der Waals surface area contributed by atoms with Crippen LogP contribution in [0.15, 0.2) is 52.3 Å². The lowest BCUT2D eigenvalue weighted by Crippen LogP contribution is -2.03. The van der Waals surface area contributed by atoms with Gasteiger partial charge in [-0.3, -0.25) is 0 Å². The van der Waals surface area contributed by atoms with Crippen LogP contribution >= 0.6 is 11.8 Å². The summed E-state index contributed by atoms with van der Waals surface area (Å²) in [4.78, 5) is 23.9. The van der Waals surface area contributed by atoms with E-state index in [0.29, 0.717) is 0 Å². The third-order valence-corrected chi connectivity index (χ3v) is 3.85. The van der Waals surface area contributed by atoms with Crippen LogP contribution in [0.3, 0.4) is 0 Å². The summed E-state index contributed by atoms with van der Waals surface area (Å²) >= 11 is 1.37. The van der Waals surface area contributed by atoms with Crippen molar-refractivity contribution in [2.75, 3.05) is 7.11 Å². The van der Waals surface area contributed by atoms with Gasteiger partial charge >= 0.3 is 11.9 Å². The van der Waals surface area contributed by atoms with E-state index in [-0.39, 0.29) is 16.7 Å². The Kier molecular flexibility index (Phi) is 4.81. The predicted octanol–water partition coefficient (Wildman–Crippen LogP) is 3.19. The zero-order chi connectivity index (χ0) is 16.1. The lowest BCUT2D eigenvalue weighted by Gasteiger charge is -2.06. The van der Waals surface area contributed by atoms with Crippen LogP contribution in [-0.4, -0.2) is 24.2 Å². The average molecular weight is 313 g/mol. The lowest BCUT2D eigenvalue weighted by molar-refractivity contribution is 0.0599. The monoisotopic (exact) mass is 313 g/mol. The summed E-state index contributed by atoms with van der Waals surface area (Å²) in [7, 11) is 1.26. The average Bonchev–Trinajstić information content (AvgIpc) is 2.54. The maximum atomic E-state index is 11.5. The number of carboxylic acids is 1. The number of aromatic carboxylic acids is 1. The summed E-state index contributed by atoms with van der Waals surface area (Å²) in [5.74, 6) is -1.54. The minimum atomic E-state index is -0.981. The molecule has 0 atom stereocenters. The van der Waals surface area contributed by atoms with Gasteiger partial charge in [0.2, 0.25) is 0 Å². The lowest BCUT2D eigenvalue weighted by atomic mass is 10.1. The molecule has 0 bridgehead atoms. The van der Waals surface area contributed by atoms with Crippen molar-refractivity contribution >= 4 is 23.7 Å². The van der Waals surface area contributed by atoms with Crippen molar-refractivity contribution in [3.63, 3.8) is 0 Å². The molecule has 0 fully saturated rings. The third kappa shape index (κ3) is 3.45. The van der Waals surface area contributed by atoms with Gasteiger partial charge in [-0.15, -0.1) is 0 Å². The molecular weight excluding hydrogens is 302 g/mol. The highest BCUT2D eigenvalue weighted by molar-refractivity contribution is 7.99. The number of rotatable bonds is 4. The number of ether oxygens (including phenoxy) is 1. The number of benzene rings is 2. The number of hydrogen-bond acceptors (Lipinski definition) is 5. The first-order chi connectivity index (χ1) is 10.5. The Balaban J connectivity index is 2.25. The number of hydrogen-bond donors (Lipinski definition) is 1. The first-order valence-corrected chi connectivity index (χ1v) is 7.00. The highest BCUT2D eigenvalue weighted by Crippen LogP contribution is 2.29. The van der Waals surface area contributed by atoms with Crippen molar-refractivity contribution in [3.8, 4) is 6.07 Å². The van der Waals surface area contributed by atoms with Crippen LogP contribution < -0.4 is 0 Å². The van der Waals surface area contributed by atoms with Gasteiger partial charge in [-0.2, -0.15) is 5.26 Å².